The first-order chi connectivity index (χ1) is 15.4. The molecule has 2 heterocycles. The number of rotatable bonds is 7. The van der Waals surface area contributed by atoms with E-state index in [4.69, 9.17) is 4.74 Å². The zero-order valence-electron chi connectivity index (χ0n) is 17.7. The van der Waals surface area contributed by atoms with Gasteiger partial charge >= 0.3 is 6.18 Å². The van der Waals surface area contributed by atoms with Crippen molar-refractivity contribution in [2.45, 2.75) is 19.5 Å². The SMILES string of the molecule is CCCS(=O)(=O)N(C(=O)c1ccc(-c2cc(C(F)(F)F)n(C)n2)s1)c1ccc(OC)c(F)c1. The number of carbonyl (C=O) groups excluding carboxylic acids is 1. The van der Waals surface area contributed by atoms with Crippen LogP contribution in [-0.4, -0.2) is 37.0 Å². The van der Waals surface area contributed by atoms with Gasteiger partial charge in [-0.2, -0.15) is 18.3 Å². The number of aryl methyl sites for hydroxylation is 1. The molecule has 0 aliphatic carbocycles. The predicted molar refractivity (Wildman–Crippen MR) is 115 cm³/mol. The number of benzene rings is 1. The summed E-state index contributed by atoms with van der Waals surface area (Å²) in [5.41, 5.74) is -1.22. The van der Waals surface area contributed by atoms with Crippen LogP contribution >= 0.6 is 11.3 Å². The molecule has 7 nitrogen and oxygen atoms in total. The third kappa shape index (κ3) is 5.03. The lowest BCUT2D eigenvalue weighted by Gasteiger charge is -2.22. The summed E-state index contributed by atoms with van der Waals surface area (Å²) < 4.78 is 85.2. The number of aromatic nitrogens is 2. The van der Waals surface area contributed by atoms with Crippen molar-refractivity contribution in [2.24, 2.45) is 7.05 Å². The second kappa shape index (κ2) is 9.14. The van der Waals surface area contributed by atoms with Gasteiger partial charge in [0.25, 0.3) is 5.91 Å². The van der Waals surface area contributed by atoms with Crippen molar-refractivity contribution in [2.75, 3.05) is 17.2 Å². The number of ether oxygens (including phenoxy) is 1. The second-order valence-electron chi connectivity index (χ2n) is 6.90. The number of halogens is 4. The molecule has 0 radical (unpaired) electrons. The molecule has 1 amide bonds. The standard InChI is InChI=1S/C20H19F4N3O4S2/c1-4-9-33(29,30)27(12-5-6-15(31-3)13(21)10-12)19(28)17-8-7-16(32-17)14-11-18(20(22,23)24)26(2)25-14/h5-8,10-11H,4,9H2,1-3H3. The minimum Gasteiger partial charge on any atom is -0.494 e. The minimum atomic E-state index is -4.61. The summed E-state index contributed by atoms with van der Waals surface area (Å²) in [7, 11) is -1.79. The maximum atomic E-state index is 14.3. The van der Waals surface area contributed by atoms with E-state index >= 15 is 0 Å². The number of anilines is 1. The van der Waals surface area contributed by atoms with Crippen LogP contribution in [0.4, 0.5) is 23.2 Å². The van der Waals surface area contributed by atoms with Gasteiger partial charge in [0.05, 0.1) is 28.3 Å². The van der Waals surface area contributed by atoms with Crippen molar-refractivity contribution < 1.29 is 35.5 Å². The van der Waals surface area contributed by atoms with E-state index in [-0.39, 0.29) is 39.1 Å². The van der Waals surface area contributed by atoms with Crippen molar-refractivity contribution in [3.63, 3.8) is 0 Å². The summed E-state index contributed by atoms with van der Waals surface area (Å²) in [5, 5.41) is 3.83. The van der Waals surface area contributed by atoms with E-state index in [0.29, 0.717) is 8.99 Å². The van der Waals surface area contributed by atoms with Gasteiger partial charge in [-0.25, -0.2) is 17.1 Å². The van der Waals surface area contributed by atoms with E-state index < -0.39 is 33.6 Å². The van der Waals surface area contributed by atoms with Crippen LogP contribution in [0.1, 0.15) is 28.7 Å². The minimum absolute atomic E-state index is 0.0210. The van der Waals surface area contributed by atoms with Crippen LogP contribution in [0.2, 0.25) is 0 Å². The Hall–Kier alpha value is -2.93. The highest BCUT2D eigenvalue weighted by Gasteiger charge is 2.36. The molecule has 0 N–H and O–H groups in total. The first kappa shape index (κ1) is 24.7. The molecule has 0 bridgehead atoms. The van der Waals surface area contributed by atoms with Crippen LogP contribution in [0.5, 0.6) is 5.75 Å². The molecule has 0 aliphatic heterocycles. The van der Waals surface area contributed by atoms with Gasteiger partial charge in [-0.1, -0.05) is 6.92 Å². The summed E-state index contributed by atoms with van der Waals surface area (Å²) >= 11 is 0.779. The summed E-state index contributed by atoms with van der Waals surface area (Å²) in [6.45, 7) is 1.61. The van der Waals surface area contributed by atoms with Gasteiger partial charge in [0.1, 0.15) is 11.4 Å². The van der Waals surface area contributed by atoms with E-state index in [1.165, 1.54) is 31.4 Å². The smallest absolute Gasteiger partial charge is 0.433 e. The van der Waals surface area contributed by atoms with E-state index in [1.54, 1.807) is 6.92 Å². The normalized spacial score (nSPS) is 12.1. The maximum absolute atomic E-state index is 14.3. The van der Waals surface area contributed by atoms with E-state index in [0.717, 1.165) is 30.5 Å². The first-order valence-corrected chi connectivity index (χ1v) is 11.9. The van der Waals surface area contributed by atoms with Crippen LogP contribution in [0.15, 0.2) is 36.4 Å². The van der Waals surface area contributed by atoms with Crippen LogP contribution in [0.25, 0.3) is 10.6 Å². The maximum Gasteiger partial charge on any atom is 0.433 e. The third-order valence-electron chi connectivity index (χ3n) is 4.53. The topological polar surface area (TPSA) is 81.5 Å². The zero-order chi connectivity index (χ0) is 24.6. The molecular formula is C20H19F4N3O4S2. The lowest BCUT2D eigenvalue weighted by atomic mass is 10.2. The Labute approximate surface area is 191 Å². The number of hydrogen-bond acceptors (Lipinski definition) is 6. The average Bonchev–Trinajstić information content (AvgIpc) is 3.34. The Bertz CT molecular complexity index is 1280. The Morgan fingerprint density at radius 3 is 2.45 bits per heavy atom. The number of methoxy groups -OCH3 is 1. The highest BCUT2D eigenvalue weighted by molar-refractivity contribution is 7.93. The fourth-order valence-electron chi connectivity index (χ4n) is 3.08. The summed E-state index contributed by atoms with van der Waals surface area (Å²) in [6, 6.07) is 6.80. The molecule has 178 valence electrons. The fourth-order valence-corrected chi connectivity index (χ4v) is 5.51. The molecule has 3 rings (SSSR count). The van der Waals surface area contributed by atoms with Gasteiger partial charge < -0.3 is 4.74 Å². The van der Waals surface area contributed by atoms with Crippen LogP contribution in [0, 0.1) is 5.82 Å². The molecule has 0 aliphatic rings. The predicted octanol–water partition coefficient (Wildman–Crippen LogP) is 4.70. The van der Waals surface area contributed by atoms with Crippen molar-refractivity contribution in [3.05, 3.63) is 52.8 Å². The largest absolute Gasteiger partial charge is 0.494 e. The number of carbonyl (C=O) groups is 1. The van der Waals surface area contributed by atoms with Crippen molar-refractivity contribution in [1.82, 2.24) is 9.78 Å². The van der Waals surface area contributed by atoms with Crippen LogP contribution in [0.3, 0.4) is 0 Å². The molecule has 0 saturated heterocycles. The lowest BCUT2D eigenvalue weighted by Crippen LogP contribution is -2.38. The Kier molecular flexibility index (Phi) is 6.84. The molecule has 0 saturated carbocycles. The lowest BCUT2D eigenvalue weighted by molar-refractivity contribution is -0.143. The molecule has 0 spiro atoms. The molecule has 2 aromatic heterocycles. The van der Waals surface area contributed by atoms with Gasteiger partial charge in [0, 0.05) is 13.1 Å². The van der Waals surface area contributed by atoms with Gasteiger partial charge in [0.2, 0.25) is 10.0 Å². The molecule has 33 heavy (non-hydrogen) atoms. The number of alkyl halides is 3. The third-order valence-corrected chi connectivity index (χ3v) is 7.49. The fraction of sp³-hybridized carbons (Fsp3) is 0.300. The number of sulfonamides is 1. The number of nitrogens with zero attached hydrogens (tertiary/aromatic N) is 3. The van der Waals surface area contributed by atoms with Gasteiger partial charge in [-0.05, 0) is 36.8 Å². The average molecular weight is 506 g/mol. The van der Waals surface area contributed by atoms with Gasteiger partial charge in [0.15, 0.2) is 11.6 Å². The van der Waals surface area contributed by atoms with Gasteiger partial charge in [-0.3, -0.25) is 9.48 Å². The molecule has 0 fully saturated rings. The van der Waals surface area contributed by atoms with Crippen molar-refractivity contribution >= 4 is 33.0 Å². The Balaban J connectivity index is 2.03. The Morgan fingerprint density at radius 2 is 1.91 bits per heavy atom. The van der Waals surface area contributed by atoms with Crippen LogP contribution in [-0.2, 0) is 23.2 Å². The monoisotopic (exact) mass is 505 g/mol. The molecule has 0 unspecified atom stereocenters. The number of hydrogen-bond donors (Lipinski definition) is 0. The summed E-state index contributed by atoms with van der Waals surface area (Å²) in [5.74, 6) is -2.33. The Morgan fingerprint density at radius 1 is 1.21 bits per heavy atom. The first-order valence-electron chi connectivity index (χ1n) is 9.51. The second-order valence-corrected chi connectivity index (χ2v) is 9.93. The summed E-state index contributed by atoms with van der Waals surface area (Å²) in [6.07, 6.45) is -4.41. The van der Waals surface area contributed by atoms with E-state index in [9.17, 15) is 30.8 Å². The summed E-state index contributed by atoms with van der Waals surface area (Å²) in [4.78, 5) is 13.4. The van der Waals surface area contributed by atoms with E-state index in [1.807, 2.05) is 0 Å². The molecule has 0 atom stereocenters. The van der Waals surface area contributed by atoms with Crippen molar-refractivity contribution in [3.8, 4) is 16.3 Å². The molecule has 3 aromatic rings. The van der Waals surface area contributed by atoms with E-state index in [2.05, 4.69) is 5.10 Å². The van der Waals surface area contributed by atoms with Crippen molar-refractivity contribution in [1.29, 1.82) is 0 Å². The molecular weight excluding hydrogens is 486 g/mol. The van der Waals surface area contributed by atoms with Crippen LogP contribution < -0.4 is 9.04 Å². The quantitative estimate of drug-likeness (QED) is 0.435. The molecule has 13 heteroatoms. The zero-order valence-corrected chi connectivity index (χ0v) is 19.3. The highest BCUT2D eigenvalue weighted by atomic mass is 32.2. The number of amides is 1. The number of thiophene rings is 1. The van der Waals surface area contributed by atoms with Gasteiger partial charge in [-0.15, -0.1) is 11.3 Å². The molecule has 1 aromatic carbocycles. The highest BCUT2D eigenvalue weighted by Crippen LogP contribution is 2.35.